The summed E-state index contributed by atoms with van der Waals surface area (Å²) in [5, 5.41) is 0. The third-order valence-corrected chi connectivity index (χ3v) is 4.43. The van der Waals surface area contributed by atoms with Crippen LogP contribution in [0.4, 0.5) is 0 Å². The number of rotatable bonds is 5. The normalized spacial score (nSPS) is 22.1. The molecule has 1 heterocycles. The van der Waals surface area contributed by atoms with E-state index in [2.05, 4.69) is 49.9 Å². The first kappa shape index (κ1) is 14.5. The van der Waals surface area contributed by atoms with E-state index in [9.17, 15) is 0 Å². The predicted octanol–water partition coefficient (Wildman–Crippen LogP) is 3.54. The van der Waals surface area contributed by atoms with Gasteiger partial charge in [-0.1, -0.05) is 51.5 Å². The number of hydrogen-bond donors (Lipinski definition) is 1. The van der Waals surface area contributed by atoms with Gasteiger partial charge in [-0.15, -0.1) is 0 Å². The van der Waals surface area contributed by atoms with Crippen molar-refractivity contribution in [2.75, 3.05) is 19.6 Å². The van der Waals surface area contributed by atoms with Gasteiger partial charge in [-0.05, 0) is 35.9 Å². The van der Waals surface area contributed by atoms with E-state index < -0.39 is 0 Å². The van der Waals surface area contributed by atoms with E-state index in [1.165, 1.54) is 37.1 Å². The van der Waals surface area contributed by atoms with Gasteiger partial charge in [0.2, 0.25) is 0 Å². The third kappa shape index (κ3) is 3.80. The molecular formula is C17H28N2. The molecule has 2 atom stereocenters. The smallest absolute Gasteiger partial charge is 0.0424 e. The summed E-state index contributed by atoms with van der Waals surface area (Å²) in [5.74, 6) is 1.48. The van der Waals surface area contributed by atoms with Gasteiger partial charge in [-0.2, -0.15) is 0 Å². The Morgan fingerprint density at radius 2 is 1.84 bits per heavy atom. The minimum absolute atomic E-state index is 0.150. The molecular weight excluding hydrogens is 232 g/mol. The summed E-state index contributed by atoms with van der Waals surface area (Å²) in [5.41, 5.74) is 9.01. The van der Waals surface area contributed by atoms with Gasteiger partial charge in [0.25, 0.3) is 0 Å². The lowest BCUT2D eigenvalue weighted by molar-refractivity contribution is 0.302. The predicted molar refractivity (Wildman–Crippen MR) is 82.3 cm³/mol. The van der Waals surface area contributed by atoms with Crippen LogP contribution in [0.3, 0.4) is 0 Å². The molecule has 0 bridgehead atoms. The molecule has 1 saturated heterocycles. The highest BCUT2D eigenvalue weighted by Crippen LogP contribution is 2.22. The van der Waals surface area contributed by atoms with Crippen LogP contribution in [0, 0.1) is 5.92 Å². The molecule has 106 valence electrons. The number of nitrogens with two attached hydrogens (primary N) is 1. The van der Waals surface area contributed by atoms with Crippen molar-refractivity contribution >= 4 is 0 Å². The third-order valence-electron chi connectivity index (χ3n) is 4.43. The Labute approximate surface area is 118 Å². The first-order valence-corrected chi connectivity index (χ1v) is 7.68. The molecule has 2 rings (SSSR count). The zero-order valence-corrected chi connectivity index (χ0v) is 12.6. The first-order chi connectivity index (χ1) is 9.10. The summed E-state index contributed by atoms with van der Waals surface area (Å²) in [6.07, 6.45) is 2.64. The molecule has 19 heavy (non-hydrogen) atoms. The molecule has 2 N–H and O–H groups in total. The lowest BCUT2D eigenvalue weighted by atomic mass is 9.99. The van der Waals surface area contributed by atoms with E-state index in [0.717, 1.165) is 12.5 Å². The monoisotopic (exact) mass is 260 g/mol. The van der Waals surface area contributed by atoms with Crippen molar-refractivity contribution in [1.29, 1.82) is 0 Å². The van der Waals surface area contributed by atoms with Crippen LogP contribution in [0.2, 0.25) is 0 Å². The van der Waals surface area contributed by atoms with Gasteiger partial charge >= 0.3 is 0 Å². The summed E-state index contributed by atoms with van der Waals surface area (Å²) in [4.78, 5) is 2.52. The molecule has 0 spiro atoms. The van der Waals surface area contributed by atoms with Gasteiger partial charge in [0, 0.05) is 19.1 Å². The highest BCUT2D eigenvalue weighted by Gasteiger charge is 2.22. The van der Waals surface area contributed by atoms with Gasteiger partial charge in [0.1, 0.15) is 0 Å². The molecule has 1 aliphatic rings. The van der Waals surface area contributed by atoms with Gasteiger partial charge in [0.15, 0.2) is 0 Å². The standard InChI is InChI=1S/C17H28N2/c1-4-14-9-10-19(11-14)12-17(18)16-7-5-15(6-8-16)13(2)3/h5-8,13-14,17H,4,9-12,18H2,1-3H3. The highest BCUT2D eigenvalue weighted by atomic mass is 15.2. The number of nitrogens with zero attached hydrogens (tertiary/aromatic N) is 1. The summed E-state index contributed by atoms with van der Waals surface area (Å²) in [7, 11) is 0. The van der Waals surface area contributed by atoms with E-state index in [-0.39, 0.29) is 6.04 Å². The van der Waals surface area contributed by atoms with E-state index in [0.29, 0.717) is 5.92 Å². The highest BCUT2D eigenvalue weighted by molar-refractivity contribution is 5.26. The molecule has 2 nitrogen and oxygen atoms in total. The summed E-state index contributed by atoms with van der Waals surface area (Å²) in [6, 6.07) is 9.00. The largest absolute Gasteiger partial charge is 0.323 e. The van der Waals surface area contributed by atoms with E-state index in [4.69, 9.17) is 5.73 Å². The second-order valence-electron chi connectivity index (χ2n) is 6.25. The van der Waals surface area contributed by atoms with Crippen molar-refractivity contribution in [2.24, 2.45) is 11.7 Å². The van der Waals surface area contributed by atoms with Crippen molar-refractivity contribution in [3.63, 3.8) is 0 Å². The average Bonchev–Trinajstić information content (AvgIpc) is 2.86. The fraction of sp³-hybridized carbons (Fsp3) is 0.647. The van der Waals surface area contributed by atoms with E-state index in [1.54, 1.807) is 0 Å². The van der Waals surface area contributed by atoms with Gasteiger partial charge in [-0.25, -0.2) is 0 Å². The molecule has 0 aromatic heterocycles. The zero-order valence-electron chi connectivity index (χ0n) is 12.6. The van der Waals surface area contributed by atoms with Crippen LogP contribution in [0.25, 0.3) is 0 Å². The lowest BCUT2D eigenvalue weighted by Gasteiger charge is -2.21. The fourth-order valence-electron chi connectivity index (χ4n) is 2.92. The Hall–Kier alpha value is -0.860. The van der Waals surface area contributed by atoms with Crippen molar-refractivity contribution in [1.82, 2.24) is 4.90 Å². The molecule has 0 radical (unpaired) electrons. The van der Waals surface area contributed by atoms with Crippen LogP contribution >= 0.6 is 0 Å². The van der Waals surface area contributed by atoms with Crippen molar-refractivity contribution in [2.45, 2.75) is 45.6 Å². The summed E-state index contributed by atoms with van der Waals surface area (Å²) < 4.78 is 0. The van der Waals surface area contributed by atoms with Crippen LogP contribution in [-0.2, 0) is 0 Å². The maximum atomic E-state index is 6.35. The SMILES string of the molecule is CCC1CCN(CC(N)c2ccc(C(C)C)cc2)C1. The van der Waals surface area contributed by atoms with E-state index >= 15 is 0 Å². The van der Waals surface area contributed by atoms with Crippen LogP contribution < -0.4 is 5.73 Å². The Kier molecular flexibility index (Phi) is 5.00. The summed E-state index contributed by atoms with van der Waals surface area (Å²) >= 11 is 0. The van der Waals surface area contributed by atoms with Crippen LogP contribution in [0.15, 0.2) is 24.3 Å². The van der Waals surface area contributed by atoms with Crippen molar-refractivity contribution in [3.05, 3.63) is 35.4 Å². The van der Waals surface area contributed by atoms with Crippen molar-refractivity contribution in [3.8, 4) is 0 Å². The molecule has 1 aliphatic heterocycles. The molecule has 0 saturated carbocycles. The maximum Gasteiger partial charge on any atom is 0.0424 e. The van der Waals surface area contributed by atoms with Gasteiger partial charge in [-0.3, -0.25) is 0 Å². The maximum absolute atomic E-state index is 6.35. The Bertz CT molecular complexity index is 383. The van der Waals surface area contributed by atoms with E-state index in [1.807, 2.05) is 0 Å². The molecule has 0 amide bonds. The van der Waals surface area contributed by atoms with Gasteiger partial charge in [0.05, 0.1) is 0 Å². The number of benzene rings is 1. The second kappa shape index (κ2) is 6.53. The quantitative estimate of drug-likeness (QED) is 0.877. The topological polar surface area (TPSA) is 29.3 Å². The fourth-order valence-corrected chi connectivity index (χ4v) is 2.92. The number of hydrogen-bond acceptors (Lipinski definition) is 2. The average molecular weight is 260 g/mol. The molecule has 2 heteroatoms. The van der Waals surface area contributed by atoms with Gasteiger partial charge < -0.3 is 10.6 Å². The molecule has 0 aliphatic carbocycles. The van der Waals surface area contributed by atoms with Crippen LogP contribution in [0.1, 0.15) is 56.7 Å². The minimum atomic E-state index is 0.150. The molecule has 1 aromatic rings. The summed E-state index contributed by atoms with van der Waals surface area (Å²) in [6.45, 7) is 10.2. The minimum Gasteiger partial charge on any atom is -0.323 e. The Morgan fingerprint density at radius 3 is 2.37 bits per heavy atom. The second-order valence-corrected chi connectivity index (χ2v) is 6.25. The number of likely N-dealkylation sites (tertiary alicyclic amines) is 1. The first-order valence-electron chi connectivity index (χ1n) is 7.68. The van der Waals surface area contributed by atoms with Crippen LogP contribution in [0.5, 0.6) is 0 Å². The Morgan fingerprint density at radius 1 is 1.21 bits per heavy atom. The molecule has 1 aromatic carbocycles. The van der Waals surface area contributed by atoms with Crippen LogP contribution in [-0.4, -0.2) is 24.5 Å². The zero-order chi connectivity index (χ0) is 13.8. The lowest BCUT2D eigenvalue weighted by Crippen LogP contribution is -2.30. The Balaban J connectivity index is 1.91. The molecule has 1 fully saturated rings. The van der Waals surface area contributed by atoms with Crippen molar-refractivity contribution < 1.29 is 0 Å². The molecule has 2 unspecified atom stereocenters.